The number of hydrogen-bond donors (Lipinski definition) is 2. The number of nitrogens with zero attached hydrogens (tertiary/aromatic N) is 4. The van der Waals surface area contributed by atoms with E-state index < -0.39 is 0 Å². The molecule has 0 aliphatic rings. The van der Waals surface area contributed by atoms with Crippen molar-refractivity contribution in [2.75, 3.05) is 29.5 Å². The van der Waals surface area contributed by atoms with Gasteiger partial charge in [0.25, 0.3) is 0 Å². The highest BCUT2D eigenvalue weighted by molar-refractivity contribution is 5.63. The van der Waals surface area contributed by atoms with Crippen LogP contribution in [0, 0.1) is 11.3 Å². The zero-order valence-electron chi connectivity index (χ0n) is 11.2. The Morgan fingerprint density at radius 1 is 1.30 bits per heavy atom. The second kappa shape index (κ2) is 6.38. The molecule has 0 aliphatic heterocycles. The summed E-state index contributed by atoms with van der Waals surface area (Å²) in [5, 5.41) is 11.8. The third-order valence-corrected chi connectivity index (χ3v) is 2.78. The van der Waals surface area contributed by atoms with E-state index in [0.717, 1.165) is 5.69 Å². The third kappa shape index (κ3) is 3.14. The lowest BCUT2D eigenvalue weighted by Crippen LogP contribution is -2.20. The van der Waals surface area contributed by atoms with Crippen LogP contribution in [0.25, 0.3) is 0 Å². The molecule has 2 rings (SSSR count). The number of nitriles is 1. The minimum absolute atomic E-state index is 0.199. The van der Waals surface area contributed by atoms with Crippen molar-refractivity contribution in [3.05, 3.63) is 36.4 Å². The van der Waals surface area contributed by atoms with Gasteiger partial charge in [0, 0.05) is 25.3 Å². The fourth-order valence-electron chi connectivity index (χ4n) is 1.86. The van der Waals surface area contributed by atoms with Crippen molar-refractivity contribution in [3.8, 4) is 6.07 Å². The van der Waals surface area contributed by atoms with Gasteiger partial charge in [0.1, 0.15) is 11.6 Å². The van der Waals surface area contributed by atoms with E-state index in [0.29, 0.717) is 24.6 Å². The Labute approximate surface area is 117 Å². The van der Waals surface area contributed by atoms with Crippen molar-refractivity contribution in [1.29, 1.82) is 5.26 Å². The Kier molecular flexibility index (Phi) is 4.35. The molecule has 0 spiro atoms. The van der Waals surface area contributed by atoms with Gasteiger partial charge in [-0.15, -0.1) is 0 Å². The van der Waals surface area contributed by atoms with Crippen LogP contribution in [0.5, 0.6) is 0 Å². The molecule has 0 bridgehead atoms. The predicted octanol–water partition coefficient (Wildman–Crippen LogP) is 2.15. The summed E-state index contributed by atoms with van der Waals surface area (Å²) >= 11 is 0. The van der Waals surface area contributed by atoms with E-state index in [1.54, 1.807) is 13.1 Å². The first-order chi connectivity index (χ1) is 9.74. The second-order valence-electron chi connectivity index (χ2n) is 4.11. The van der Waals surface area contributed by atoms with E-state index in [1.165, 1.54) is 0 Å². The van der Waals surface area contributed by atoms with E-state index in [9.17, 15) is 0 Å². The number of nitrogens with two attached hydrogens (primary N) is 1. The zero-order valence-corrected chi connectivity index (χ0v) is 11.2. The quantitative estimate of drug-likeness (QED) is 0.863. The number of rotatable bonds is 5. The van der Waals surface area contributed by atoms with Crippen LogP contribution < -0.4 is 16.0 Å². The zero-order chi connectivity index (χ0) is 14.4. The van der Waals surface area contributed by atoms with Gasteiger partial charge < -0.3 is 16.0 Å². The molecular formula is C14H16N6. The molecule has 1 heterocycles. The normalized spacial score (nSPS) is 9.80. The number of para-hydroxylation sites is 1. The number of nitrogen functional groups attached to an aromatic ring is 1. The highest BCUT2D eigenvalue weighted by atomic mass is 15.2. The molecule has 0 fully saturated rings. The van der Waals surface area contributed by atoms with E-state index in [-0.39, 0.29) is 5.95 Å². The molecule has 1 aromatic carbocycles. The van der Waals surface area contributed by atoms with Gasteiger partial charge in [-0.3, -0.25) is 0 Å². The average Bonchev–Trinajstić information content (AvgIpc) is 2.48. The minimum atomic E-state index is 0.199. The van der Waals surface area contributed by atoms with Crippen molar-refractivity contribution >= 4 is 23.3 Å². The molecule has 0 aliphatic carbocycles. The second-order valence-corrected chi connectivity index (χ2v) is 4.11. The van der Waals surface area contributed by atoms with Crippen LogP contribution in [0.15, 0.2) is 36.4 Å². The molecule has 0 radical (unpaired) electrons. The summed E-state index contributed by atoms with van der Waals surface area (Å²) in [5.41, 5.74) is 6.69. The molecular weight excluding hydrogens is 252 g/mol. The first-order valence-corrected chi connectivity index (χ1v) is 6.26. The lowest BCUT2D eigenvalue weighted by Gasteiger charge is -2.23. The Balaban J connectivity index is 2.41. The van der Waals surface area contributed by atoms with Crippen molar-refractivity contribution in [3.63, 3.8) is 0 Å². The highest BCUT2D eigenvalue weighted by Gasteiger charge is 2.12. The van der Waals surface area contributed by atoms with Crippen LogP contribution in [-0.2, 0) is 0 Å². The Morgan fingerprint density at radius 3 is 2.70 bits per heavy atom. The first kappa shape index (κ1) is 13.6. The van der Waals surface area contributed by atoms with Crippen LogP contribution in [0.3, 0.4) is 0 Å². The number of anilines is 4. The molecule has 0 atom stereocenters. The van der Waals surface area contributed by atoms with Gasteiger partial charge in [-0.1, -0.05) is 18.2 Å². The molecule has 6 heteroatoms. The van der Waals surface area contributed by atoms with Crippen LogP contribution in [0.4, 0.5) is 23.3 Å². The lowest BCUT2D eigenvalue weighted by molar-refractivity contribution is 0.923. The van der Waals surface area contributed by atoms with Crippen LogP contribution >= 0.6 is 0 Å². The maximum atomic E-state index is 8.82. The standard InChI is InChI=1S/C14H16N6/c1-17-12-10-13(19-14(16)18-12)20(9-5-8-15)11-6-3-2-4-7-11/h2-4,6-7,10H,5,9H2,1H3,(H3,16,17,18,19). The molecule has 3 N–H and O–H groups in total. The first-order valence-electron chi connectivity index (χ1n) is 6.26. The number of nitrogens with one attached hydrogen (secondary N) is 1. The summed E-state index contributed by atoms with van der Waals surface area (Å²) in [6, 6.07) is 13.7. The van der Waals surface area contributed by atoms with E-state index >= 15 is 0 Å². The summed E-state index contributed by atoms with van der Waals surface area (Å²) in [4.78, 5) is 10.3. The fourth-order valence-corrected chi connectivity index (χ4v) is 1.86. The maximum absolute atomic E-state index is 8.82. The summed E-state index contributed by atoms with van der Waals surface area (Å²) in [6.45, 7) is 0.542. The van der Waals surface area contributed by atoms with Crippen LogP contribution in [0.1, 0.15) is 6.42 Å². The summed E-state index contributed by atoms with van der Waals surface area (Å²) in [5.74, 6) is 1.51. The Morgan fingerprint density at radius 2 is 2.05 bits per heavy atom. The van der Waals surface area contributed by atoms with Gasteiger partial charge in [0.15, 0.2) is 0 Å². The molecule has 1 aromatic heterocycles. The Hall–Kier alpha value is -2.81. The van der Waals surface area contributed by atoms with Crippen molar-refractivity contribution < 1.29 is 0 Å². The summed E-state index contributed by atoms with van der Waals surface area (Å²) in [7, 11) is 1.77. The molecule has 6 nitrogen and oxygen atoms in total. The van der Waals surface area contributed by atoms with E-state index in [1.807, 2.05) is 35.2 Å². The topological polar surface area (TPSA) is 90.9 Å². The van der Waals surface area contributed by atoms with E-state index in [4.69, 9.17) is 11.0 Å². The van der Waals surface area contributed by atoms with Gasteiger partial charge in [-0.2, -0.15) is 15.2 Å². The number of aromatic nitrogens is 2. The van der Waals surface area contributed by atoms with Gasteiger partial charge in [0.05, 0.1) is 12.5 Å². The molecule has 0 saturated heterocycles. The van der Waals surface area contributed by atoms with E-state index in [2.05, 4.69) is 21.4 Å². The lowest BCUT2D eigenvalue weighted by atomic mass is 10.2. The molecule has 102 valence electrons. The Bertz CT molecular complexity index is 605. The number of hydrogen-bond acceptors (Lipinski definition) is 6. The van der Waals surface area contributed by atoms with Crippen LogP contribution in [0.2, 0.25) is 0 Å². The predicted molar refractivity (Wildman–Crippen MR) is 79.7 cm³/mol. The molecule has 20 heavy (non-hydrogen) atoms. The summed E-state index contributed by atoms with van der Waals surface area (Å²) in [6.07, 6.45) is 0.397. The fraction of sp³-hybridized carbons (Fsp3) is 0.214. The monoisotopic (exact) mass is 268 g/mol. The molecule has 2 aromatic rings. The van der Waals surface area contributed by atoms with Gasteiger partial charge >= 0.3 is 0 Å². The van der Waals surface area contributed by atoms with Crippen molar-refractivity contribution in [2.24, 2.45) is 0 Å². The smallest absolute Gasteiger partial charge is 0.223 e. The van der Waals surface area contributed by atoms with Gasteiger partial charge in [0.2, 0.25) is 5.95 Å². The largest absolute Gasteiger partial charge is 0.373 e. The molecule has 0 amide bonds. The molecule has 0 saturated carbocycles. The SMILES string of the molecule is CNc1cc(N(CCC#N)c2ccccc2)nc(N)n1. The summed E-state index contributed by atoms with van der Waals surface area (Å²) < 4.78 is 0. The number of benzene rings is 1. The van der Waals surface area contributed by atoms with Gasteiger partial charge in [-0.25, -0.2) is 0 Å². The molecule has 0 unspecified atom stereocenters. The van der Waals surface area contributed by atoms with Crippen molar-refractivity contribution in [1.82, 2.24) is 9.97 Å². The highest BCUT2D eigenvalue weighted by Crippen LogP contribution is 2.25. The maximum Gasteiger partial charge on any atom is 0.223 e. The third-order valence-electron chi connectivity index (χ3n) is 2.78. The minimum Gasteiger partial charge on any atom is -0.373 e. The average molecular weight is 268 g/mol. The van der Waals surface area contributed by atoms with Crippen LogP contribution in [-0.4, -0.2) is 23.6 Å². The van der Waals surface area contributed by atoms with Gasteiger partial charge in [-0.05, 0) is 12.1 Å². The van der Waals surface area contributed by atoms with Crippen molar-refractivity contribution in [2.45, 2.75) is 6.42 Å².